The van der Waals surface area contributed by atoms with Gasteiger partial charge < -0.3 is 54.4 Å². The standard InChI is InChI=1S/C20H38N10O6/c21-11(4-1-7-26-19(22)23)15(32)28-12(5-2-8-27-20(24)25)16(33)29-13(10-31)17(34)30-9-3-6-14(30)18(35)36/h11-14,31H,1-10,21H2,(H,28,32)(H,29,33)(H,35,36)(H4,22,23,26)(H4,24,25,27). The Labute approximate surface area is 208 Å². The number of rotatable bonds is 15. The molecular weight excluding hydrogens is 476 g/mol. The van der Waals surface area contributed by atoms with Crippen LogP contribution in [0.5, 0.6) is 0 Å². The molecule has 0 aromatic heterocycles. The fraction of sp³-hybridized carbons (Fsp3) is 0.700. The van der Waals surface area contributed by atoms with Crippen LogP contribution < -0.4 is 39.3 Å². The molecule has 1 aliphatic rings. The Morgan fingerprint density at radius 2 is 1.47 bits per heavy atom. The molecule has 4 atom stereocenters. The number of aliphatic hydroxyl groups excluding tert-OH is 1. The number of carbonyl (C=O) groups excluding carboxylic acids is 3. The Morgan fingerprint density at radius 3 is 2.00 bits per heavy atom. The van der Waals surface area contributed by atoms with Gasteiger partial charge in [-0.25, -0.2) is 4.79 Å². The number of guanidine groups is 2. The molecule has 1 rings (SSSR count). The summed E-state index contributed by atoms with van der Waals surface area (Å²) in [5.41, 5.74) is 27.0. The molecule has 4 unspecified atom stereocenters. The molecule has 0 bridgehead atoms. The number of aliphatic carboxylic acids is 1. The van der Waals surface area contributed by atoms with E-state index in [4.69, 9.17) is 28.7 Å². The van der Waals surface area contributed by atoms with Crippen LogP contribution in [-0.2, 0) is 19.2 Å². The van der Waals surface area contributed by atoms with E-state index < -0.39 is 54.5 Å². The van der Waals surface area contributed by atoms with Crippen LogP contribution in [0.4, 0.5) is 0 Å². The van der Waals surface area contributed by atoms with Crippen LogP contribution in [0.25, 0.3) is 0 Å². The molecule has 1 aliphatic heterocycles. The van der Waals surface area contributed by atoms with E-state index in [1.54, 1.807) is 0 Å². The Hall–Kier alpha value is -3.66. The Kier molecular flexibility index (Phi) is 13.0. The SMILES string of the molecule is NC(N)=NCCCC(N)C(=O)NC(CCCN=C(N)N)C(=O)NC(CO)C(=O)N1CCCC1C(=O)O. The second kappa shape index (κ2) is 15.4. The maximum absolute atomic E-state index is 13.0. The number of aliphatic imine (C=N–C) groups is 2. The van der Waals surface area contributed by atoms with Gasteiger partial charge in [-0.1, -0.05) is 0 Å². The first-order chi connectivity index (χ1) is 17.0. The van der Waals surface area contributed by atoms with E-state index in [9.17, 15) is 29.4 Å². The number of nitrogens with one attached hydrogen (secondary N) is 2. The van der Waals surface area contributed by atoms with Gasteiger partial charge in [0.2, 0.25) is 17.7 Å². The van der Waals surface area contributed by atoms with Crippen LogP contribution in [0.2, 0.25) is 0 Å². The molecule has 1 saturated heterocycles. The zero-order valence-electron chi connectivity index (χ0n) is 20.1. The fourth-order valence-electron chi connectivity index (χ4n) is 3.65. The Bertz CT molecular complexity index is 828. The Balaban J connectivity index is 2.85. The predicted molar refractivity (Wildman–Crippen MR) is 131 cm³/mol. The number of carboxylic acid groups (broad SMARTS) is 1. The Morgan fingerprint density at radius 1 is 0.917 bits per heavy atom. The van der Waals surface area contributed by atoms with Gasteiger partial charge in [0.1, 0.15) is 18.1 Å². The molecule has 0 aromatic carbocycles. The first-order valence-corrected chi connectivity index (χ1v) is 11.6. The molecular formula is C20H38N10O6. The van der Waals surface area contributed by atoms with Crippen LogP contribution in [0.1, 0.15) is 38.5 Å². The molecule has 0 aliphatic carbocycles. The lowest BCUT2D eigenvalue weighted by Gasteiger charge is -2.28. The molecule has 1 fully saturated rings. The summed E-state index contributed by atoms with van der Waals surface area (Å²) in [7, 11) is 0. The lowest BCUT2D eigenvalue weighted by atomic mass is 10.1. The molecule has 0 radical (unpaired) electrons. The van der Waals surface area contributed by atoms with Crippen molar-refractivity contribution in [3.8, 4) is 0 Å². The van der Waals surface area contributed by atoms with Gasteiger partial charge in [-0.2, -0.15) is 0 Å². The summed E-state index contributed by atoms with van der Waals surface area (Å²) in [4.78, 5) is 58.5. The van der Waals surface area contributed by atoms with Crippen LogP contribution >= 0.6 is 0 Å². The average molecular weight is 515 g/mol. The van der Waals surface area contributed by atoms with Crippen LogP contribution in [0.15, 0.2) is 9.98 Å². The van der Waals surface area contributed by atoms with E-state index in [2.05, 4.69) is 20.6 Å². The van der Waals surface area contributed by atoms with Crippen LogP contribution in [-0.4, -0.2) is 101 Å². The molecule has 16 heteroatoms. The summed E-state index contributed by atoms with van der Waals surface area (Å²) in [6, 6.07) is -4.49. The maximum Gasteiger partial charge on any atom is 0.326 e. The summed E-state index contributed by atoms with van der Waals surface area (Å²) in [5, 5.41) is 24.0. The minimum Gasteiger partial charge on any atom is -0.480 e. The van der Waals surface area contributed by atoms with Crippen molar-refractivity contribution >= 4 is 35.6 Å². The van der Waals surface area contributed by atoms with E-state index in [1.165, 1.54) is 0 Å². The molecule has 3 amide bonds. The monoisotopic (exact) mass is 514 g/mol. The minimum absolute atomic E-state index is 0.0814. The number of nitrogens with zero attached hydrogens (tertiary/aromatic N) is 3. The van der Waals surface area contributed by atoms with Crippen molar-refractivity contribution in [2.45, 2.75) is 62.7 Å². The first-order valence-electron chi connectivity index (χ1n) is 11.6. The zero-order chi connectivity index (χ0) is 27.3. The first kappa shape index (κ1) is 30.4. The second-order valence-corrected chi connectivity index (χ2v) is 8.34. The van der Waals surface area contributed by atoms with Crippen molar-refractivity contribution in [1.82, 2.24) is 15.5 Å². The van der Waals surface area contributed by atoms with Crippen LogP contribution in [0.3, 0.4) is 0 Å². The van der Waals surface area contributed by atoms with Crippen molar-refractivity contribution in [2.24, 2.45) is 38.7 Å². The quantitative estimate of drug-likeness (QED) is 0.0569. The minimum atomic E-state index is -1.39. The molecule has 0 spiro atoms. The third-order valence-corrected chi connectivity index (χ3v) is 5.50. The van der Waals surface area contributed by atoms with Crippen molar-refractivity contribution in [3.63, 3.8) is 0 Å². The topological polar surface area (TPSA) is 291 Å². The van der Waals surface area contributed by atoms with E-state index in [0.717, 1.165) is 4.90 Å². The maximum atomic E-state index is 13.0. The van der Waals surface area contributed by atoms with Crippen molar-refractivity contribution < 1.29 is 29.4 Å². The molecule has 204 valence electrons. The molecule has 14 N–H and O–H groups in total. The number of amides is 3. The number of likely N-dealkylation sites (tertiary alicyclic amines) is 1. The van der Waals surface area contributed by atoms with Gasteiger partial charge in [-0.3, -0.25) is 24.4 Å². The van der Waals surface area contributed by atoms with Gasteiger partial charge in [0.05, 0.1) is 12.6 Å². The normalized spacial score (nSPS) is 17.4. The van der Waals surface area contributed by atoms with E-state index in [1.807, 2.05) is 0 Å². The fourth-order valence-corrected chi connectivity index (χ4v) is 3.65. The number of nitrogens with two attached hydrogens (primary N) is 5. The molecule has 0 saturated carbocycles. The highest BCUT2D eigenvalue weighted by Gasteiger charge is 2.38. The highest BCUT2D eigenvalue weighted by molar-refractivity contribution is 5.94. The van der Waals surface area contributed by atoms with E-state index in [0.29, 0.717) is 19.3 Å². The number of aliphatic hydroxyl groups is 1. The highest BCUT2D eigenvalue weighted by Crippen LogP contribution is 2.18. The molecule has 36 heavy (non-hydrogen) atoms. The summed E-state index contributed by atoms with van der Waals surface area (Å²) < 4.78 is 0. The smallest absolute Gasteiger partial charge is 0.326 e. The summed E-state index contributed by atoms with van der Waals surface area (Å²) in [5.74, 6) is -3.46. The van der Waals surface area contributed by atoms with Gasteiger partial charge in [0.15, 0.2) is 11.9 Å². The number of carboxylic acids is 1. The summed E-state index contributed by atoms with van der Waals surface area (Å²) in [6.07, 6.45) is 1.84. The molecule has 0 aromatic rings. The number of hydrogen-bond donors (Lipinski definition) is 9. The average Bonchev–Trinajstić information content (AvgIpc) is 3.31. The summed E-state index contributed by atoms with van der Waals surface area (Å²) >= 11 is 0. The lowest BCUT2D eigenvalue weighted by Crippen LogP contribution is -2.58. The number of hydrogen-bond acceptors (Lipinski definition) is 8. The van der Waals surface area contributed by atoms with E-state index >= 15 is 0 Å². The highest BCUT2D eigenvalue weighted by atomic mass is 16.4. The molecule has 16 nitrogen and oxygen atoms in total. The van der Waals surface area contributed by atoms with Gasteiger partial charge in [0, 0.05) is 19.6 Å². The van der Waals surface area contributed by atoms with Crippen molar-refractivity contribution in [3.05, 3.63) is 0 Å². The van der Waals surface area contributed by atoms with Crippen molar-refractivity contribution in [2.75, 3.05) is 26.2 Å². The number of carbonyl (C=O) groups is 4. The second-order valence-electron chi connectivity index (χ2n) is 8.34. The van der Waals surface area contributed by atoms with Crippen molar-refractivity contribution in [1.29, 1.82) is 0 Å². The zero-order valence-corrected chi connectivity index (χ0v) is 20.1. The van der Waals surface area contributed by atoms with Crippen LogP contribution in [0, 0.1) is 0 Å². The van der Waals surface area contributed by atoms with Gasteiger partial charge in [0.25, 0.3) is 0 Å². The lowest BCUT2D eigenvalue weighted by molar-refractivity contribution is -0.150. The third-order valence-electron chi connectivity index (χ3n) is 5.50. The molecule has 1 heterocycles. The van der Waals surface area contributed by atoms with Gasteiger partial charge in [-0.05, 0) is 38.5 Å². The predicted octanol–water partition coefficient (Wildman–Crippen LogP) is -4.54. The van der Waals surface area contributed by atoms with E-state index in [-0.39, 0.29) is 50.8 Å². The summed E-state index contributed by atoms with van der Waals surface area (Å²) in [6.45, 7) is -0.106. The van der Waals surface area contributed by atoms with Gasteiger partial charge >= 0.3 is 5.97 Å². The third kappa shape index (κ3) is 10.3. The van der Waals surface area contributed by atoms with Gasteiger partial charge in [-0.15, -0.1) is 0 Å². The largest absolute Gasteiger partial charge is 0.480 e.